The Bertz CT molecular complexity index is 414. The topological polar surface area (TPSA) is 48.1 Å². The van der Waals surface area contributed by atoms with E-state index in [-0.39, 0.29) is 4.87 Å². The molecular weight excluding hydrogens is 246 g/mol. The zero-order valence-electron chi connectivity index (χ0n) is 11.2. The number of aromatic amines is 1. The number of nitrogens with one attached hydrogen (secondary N) is 2. The van der Waals surface area contributed by atoms with Crippen LogP contribution in [0.5, 0.6) is 0 Å². The fourth-order valence-electron chi connectivity index (χ4n) is 2.68. The lowest BCUT2D eigenvalue weighted by Gasteiger charge is -2.40. The van der Waals surface area contributed by atoms with Crippen molar-refractivity contribution >= 4 is 11.3 Å². The van der Waals surface area contributed by atoms with Crippen LogP contribution >= 0.6 is 11.3 Å². The van der Waals surface area contributed by atoms with Gasteiger partial charge in [0.05, 0.1) is 0 Å². The van der Waals surface area contributed by atoms with Gasteiger partial charge in [-0.05, 0) is 12.8 Å². The molecule has 2 N–H and O–H groups in total. The molecule has 18 heavy (non-hydrogen) atoms. The number of rotatable bonds is 5. The molecule has 0 amide bonds. The van der Waals surface area contributed by atoms with E-state index in [0.717, 1.165) is 31.7 Å². The van der Waals surface area contributed by atoms with Crippen LogP contribution in [0.15, 0.2) is 10.2 Å². The SMILES string of the molecule is CCCC1CN(Cc2csc(=O)[nH]2)C(CC)CN1. The summed E-state index contributed by atoms with van der Waals surface area (Å²) in [5, 5.41) is 5.58. The molecule has 1 saturated heterocycles. The first-order valence-corrected chi connectivity index (χ1v) is 7.75. The summed E-state index contributed by atoms with van der Waals surface area (Å²) < 4.78 is 0. The van der Waals surface area contributed by atoms with Crippen LogP contribution in [0.4, 0.5) is 0 Å². The third-order valence-corrected chi connectivity index (χ3v) is 4.38. The number of aromatic nitrogens is 1. The Morgan fingerprint density at radius 3 is 2.94 bits per heavy atom. The molecule has 4 nitrogen and oxygen atoms in total. The van der Waals surface area contributed by atoms with E-state index >= 15 is 0 Å². The van der Waals surface area contributed by atoms with Gasteiger partial charge < -0.3 is 10.3 Å². The molecule has 0 aromatic carbocycles. The summed E-state index contributed by atoms with van der Waals surface area (Å²) in [7, 11) is 0. The third kappa shape index (κ3) is 3.43. The Hall–Kier alpha value is -0.650. The molecule has 1 aliphatic rings. The van der Waals surface area contributed by atoms with Gasteiger partial charge in [0.2, 0.25) is 0 Å². The van der Waals surface area contributed by atoms with E-state index in [9.17, 15) is 4.79 Å². The van der Waals surface area contributed by atoms with Crippen molar-refractivity contribution in [1.82, 2.24) is 15.2 Å². The molecule has 1 aromatic rings. The largest absolute Gasteiger partial charge is 0.315 e. The normalized spacial score (nSPS) is 25.4. The third-order valence-electron chi connectivity index (χ3n) is 3.67. The number of H-pyrrole nitrogens is 1. The Labute approximate surface area is 112 Å². The predicted octanol–water partition coefficient (Wildman–Crippen LogP) is 1.79. The van der Waals surface area contributed by atoms with E-state index in [1.54, 1.807) is 0 Å². The van der Waals surface area contributed by atoms with Gasteiger partial charge in [0.15, 0.2) is 0 Å². The fourth-order valence-corrected chi connectivity index (χ4v) is 3.25. The zero-order valence-corrected chi connectivity index (χ0v) is 12.1. The minimum absolute atomic E-state index is 0.0540. The maximum Gasteiger partial charge on any atom is 0.304 e. The second kappa shape index (κ2) is 6.50. The highest BCUT2D eigenvalue weighted by Crippen LogP contribution is 2.16. The second-order valence-corrected chi connectivity index (χ2v) is 5.90. The molecule has 2 rings (SSSR count). The lowest BCUT2D eigenvalue weighted by molar-refractivity contribution is 0.114. The number of hydrogen-bond acceptors (Lipinski definition) is 4. The van der Waals surface area contributed by atoms with Gasteiger partial charge in [-0.3, -0.25) is 9.69 Å². The van der Waals surface area contributed by atoms with Crippen LogP contribution in [0.2, 0.25) is 0 Å². The molecular formula is C13H23N3OS. The van der Waals surface area contributed by atoms with Crippen molar-refractivity contribution in [3.8, 4) is 0 Å². The van der Waals surface area contributed by atoms with Crippen LogP contribution in [-0.2, 0) is 6.54 Å². The molecule has 0 spiro atoms. The molecule has 102 valence electrons. The average Bonchev–Trinajstić information content (AvgIpc) is 2.76. The van der Waals surface area contributed by atoms with Gasteiger partial charge in [-0.25, -0.2) is 0 Å². The standard InChI is InChI=1S/C13H23N3OS/c1-3-5-10-7-16(12(4-2)6-14-10)8-11-9-18-13(17)15-11/h9-10,12,14H,3-8H2,1-2H3,(H,15,17). The van der Waals surface area contributed by atoms with Crippen molar-refractivity contribution in [2.24, 2.45) is 0 Å². The monoisotopic (exact) mass is 269 g/mol. The Balaban J connectivity index is 1.99. The van der Waals surface area contributed by atoms with E-state index in [1.807, 2.05) is 5.38 Å². The maximum atomic E-state index is 11.2. The summed E-state index contributed by atoms with van der Waals surface area (Å²) in [6.45, 7) is 7.49. The van der Waals surface area contributed by atoms with E-state index < -0.39 is 0 Å². The molecule has 0 saturated carbocycles. The highest BCUT2D eigenvalue weighted by atomic mass is 32.1. The summed E-state index contributed by atoms with van der Waals surface area (Å²) in [5.41, 5.74) is 1.06. The lowest BCUT2D eigenvalue weighted by atomic mass is 10.0. The van der Waals surface area contributed by atoms with Gasteiger partial charge in [-0.1, -0.05) is 31.6 Å². The molecule has 1 aliphatic heterocycles. The summed E-state index contributed by atoms with van der Waals surface area (Å²) in [6, 6.07) is 1.18. The smallest absolute Gasteiger partial charge is 0.304 e. The van der Waals surface area contributed by atoms with Gasteiger partial charge >= 0.3 is 4.87 Å². The van der Waals surface area contributed by atoms with Gasteiger partial charge in [0, 0.05) is 42.8 Å². The summed E-state index contributed by atoms with van der Waals surface area (Å²) >= 11 is 1.26. The van der Waals surface area contributed by atoms with Crippen LogP contribution in [0, 0.1) is 0 Å². The summed E-state index contributed by atoms with van der Waals surface area (Å²) in [4.78, 5) is 16.7. The number of thiazole rings is 1. The quantitative estimate of drug-likeness (QED) is 0.857. The molecule has 0 radical (unpaired) electrons. The Kier molecular flexibility index (Phi) is 4.97. The van der Waals surface area contributed by atoms with Crippen molar-refractivity contribution in [2.45, 2.75) is 51.7 Å². The van der Waals surface area contributed by atoms with Crippen molar-refractivity contribution in [2.75, 3.05) is 13.1 Å². The molecule has 0 aliphatic carbocycles. The van der Waals surface area contributed by atoms with Crippen LogP contribution in [0.1, 0.15) is 38.8 Å². The van der Waals surface area contributed by atoms with Gasteiger partial charge in [0.1, 0.15) is 0 Å². The zero-order chi connectivity index (χ0) is 13.0. The van der Waals surface area contributed by atoms with Crippen molar-refractivity contribution in [1.29, 1.82) is 0 Å². The molecule has 2 atom stereocenters. The minimum atomic E-state index is 0.0540. The lowest BCUT2D eigenvalue weighted by Crippen LogP contribution is -2.55. The molecule has 1 aromatic heterocycles. The molecule has 2 heterocycles. The number of piperazine rings is 1. The highest BCUT2D eigenvalue weighted by Gasteiger charge is 2.26. The van der Waals surface area contributed by atoms with Crippen molar-refractivity contribution < 1.29 is 0 Å². The predicted molar refractivity (Wildman–Crippen MR) is 76.1 cm³/mol. The van der Waals surface area contributed by atoms with Crippen LogP contribution in [0.25, 0.3) is 0 Å². The first-order chi connectivity index (χ1) is 8.72. The highest BCUT2D eigenvalue weighted by molar-refractivity contribution is 7.07. The van der Waals surface area contributed by atoms with Gasteiger partial charge in [0.25, 0.3) is 0 Å². The van der Waals surface area contributed by atoms with Crippen LogP contribution in [-0.4, -0.2) is 35.1 Å². The first kappa shape index (κ1) is 13.8. The van der Waals surface area contributed by atoms with E-state index in [2.05, 4.69) is 29.0 Å². The fraction of sp³-hybridized carbons (Fsp3) is 0.769. The van der Waals surface area contributed by atoms with Crippen LogP contribution < -0.4 is 10.2 Å². The first-order valence-electron chi connectivity index (χ1n) is 6.87. The van der Waals surface area contributed by atoms with Gasteiger partial charge in [-0.2, -0.15) is 0 Å². The number of nitrogens with zero attached hydrogens (tertiary/aromatic N) is 1. The van der Waals surface area contributed by atoms with Crippen LogP contribution in [0.3, 0.4) is 0 Å². The average molecular weight is 269 g/mol. The molecule has 5 heteroatoms. The van der Waals surface area contributed by atoms with Crippen molar-refractivity contribution in [3.05, 3.63) is 20.7 Å². The van der Waals surface area contributed by atoms with E-state index in [4.69, 9.17) is 0 Å². The van der Waals surface area contributed by atoms with Gasteiger partial charge in [-0.15, -0.1) is 0 Å². The maximum absolute atomic E-state index is 11.2. The summed E-state index contributed by atoms with van der Waals surface area (Å²) in [5.74, 6) is 0. The molecule has 1 fully saturated rings. The number of hydrogen-bond donors (Lipinski definition) is 2. The Morgan fingerprint density at radius 1 is 1.50 bits per heavy atom. The molecule has 2 unspecified atom stereocenters. The minimum Gasteiger partial charge on any atom is -0.315 e. The Morgan fingerprint density at radius 2 is 2.33 bits per heavy atom. The van der Waals surface area contributed by atoms with E-state index in [1.165, 1.54) is 24.2 Å². The second-order valence-electron chi connectivity index (χ2n) is 5.06. The summed E-state index contributed by atoms with van der Waals surface area (Å²) in [6.07, 6.45) is 3.60. The molecule has 0 bridgehead atoms. The van der Waals surface area contributed by atoms with E-state index in [0.29, 0.717) is 12.1 Å². The van der Waals surface area contributed by atoms with Crippen molar-refractivity contribution in [3.63, 3.8) is 0 Å².